The largest absolute Gasteiger partial charge is 0.372 e. The first-order valence-electron chi connectivity index (χ1n) is 10.3. The van der Waals surface area contributed by atoms with E-state index in [2.05, 4.69) is 43.2 Å². The lowest BCUT2D eigenvalue weighted by Gasteiger charge is -2.30. The van der Waals surface area contributed by atoms with Crippen LogP contribution in [0.5, 0.6) is 0 Å². The fraction of sp³-hybridized carbons (Fsp3) is 0.476. The summed E-state index contributed by atoms with van der Waals surface area (Å²) >= 11 is 0. The number of rotatable bonds is 3. The zero-order chi connectivity index (χ0) is 18.9. The second-order valence-corrected chi connectivity index (χ2v) is 7.94. The first kappa shape index (κ1) is 17.4. The molecule has 0 aliphatic carbocycles. The maximum atomic E-state index is 6.04. The summed E-state index contributed by atoms with van der Waals surface area (Å²) in [5.74, 6) is 0.910. The van der Waals surface area contributed by atoms with Gasteiger partial charge in [-0.15, -0.1) is 0 Å². The highest BCUT2D eigenvalue weighted by Gasteiger charge is 2.19. The molecule has 146 valence electrons. The maximum Gasteiger partial charge on any atom is 0.147 e. The van der Waals surface area contributed by atoms with Crippen molar-refractivity contribution < 1.29 is 0 Å². The summed E-state index contributed by atoms with van der Waals surface area (Å²) in [6.45, 7) is 4.12. The molecule has 1 aromatic carbocycles. The SMILES string of the molecule is NC1CCN(c2cncc(-c3n[nH]c4ccc(N5CCCCC5)cc34)n2)CC1. The van der Waals surface area contributed by atoms with Crippen LogP contribution in [0.1, 0.15) is 32.1 Å². The van der Waals surface area contributed by atoms with Crippen molar-refractivity contribution in [3.05, 3.63) is 30.6 Å². The second kappa shape index (κ2) is 7.39. The van der Waals surface area contributed by atoms with Gasteiger partial charge in [-0.25, -0.2) is 4.98 Å². The van der Waals surface area contributed by atoms with Crippen molar-refractivity contribution in [2.75, 3.05) is 36.0 Å². The number of hydrogen-bond acceptors (Lipinski definition) is 6. The molecular weight excluding hydrogens is 350 g/mol. The molecule has 0 spiro atoms. The average Bonchev–Trinajstić information content (AvgIpc) is 3.18. The van der Waals surface area contributed by atoms with E-state index in [0.717, 1.165) is 67.1 Å². The van der Waals surface area contributed by atoms with Crippen LogP contribution in [0.3, 0.4) is 0 Å². The van der Waals surface area contributed by atoms with Gasteiger partial charge in [-0.1, -0.05) is 0 Å². The number of piperidine rings is 2. The molecule has 3 aromatic rings. The molecule has 0 amide bonds. The van der Waals surface area contributed by atoms with E-state index in [0.29, 0.717) is 6.04 Å². The van der Waals surface area contributed by atoms with E-state index in [-0.39, 0.29) is 0 Å². The molecule has 0 unspecified atom stereocenters. The number of aromatic nitrogens is 4. The molecule has 7 heteroatoms. The monoisotopic (exact) mass is 377 g/mol. The van der Waals surface area contributed by atoms with Crippen molar-refractivity contribution in [3.63, 3.8) is 0 Å². The summed E-state index contributed by atoms with van der Waals surface area (Å²) < 4.78 is 0. The van der Waals surface area contributed by atoms with Gasteiger partial charge in [0.05, 0.1) is 17.9 Å². The van der Waals surface area contributed by atoms with Crippen LogP contribution < -0.4 is 15.5 Å². The van der Waals surface area contributed by atoms with Gasteiger partial charge in [-0.3, -0.25) is 10.1 Å². The van der Waals surface area contributed by atoms with E-state index in [1.807, 2.05) is 12.4 Å². The van der Waals surface area contributed by atoms with Gasteiger partial charge in [0.25, 0.3) is 0 Å². The van der Waals surface area contributed by atoms with E-state index in [9.17, 15) is 0 Å². The van der Waals surface area contributed by atoms with Gasteiger partial charge in [-0.05, 0) is 50.3 Å². The van der Waals surface area contributed by atoms with Crippen LogP contribution in [0, 0.1) is 0 Å². The number of anilines is 2. The minimum atomic E-state index is 0.302. The van der Waals surface area contributed by atoms with Crippen molar-refractivity contribution in [2.45, 2.75) is 38.1 Å². The Hall–Kier alpha value is -2.67. The van der Waals surface area contributed by atoms with E-state index < -0.39 is 0 Å². The van der Waals surface area contributed by atoms with Gasteiger partial charge in [-0.2, -0.15) is 5.10 Å². The van der Waals surface area contributed by atoms with E-state index >= 15 is 0 Å². The Bertz CT molecular complexity index is 952. The number of aromatic amines is 1. The molecule has 2 aromatic heterocycles. The molecule has 5 rings (SSSR count). The van der Waals surface area contributed by atoms with Crippen LogP contribution in [0.25, 0.3) is 22.3 Å². The summed E-state index contributed by atoms with van der Waals surface area (Å²) in [5.41, 5.74) is 10.0. The number of H-pyrrole nitrogens is 1. The molecule has 2 fully saturated rings. The zero-order valence-electron chi connectivity index (χ0n) is 16.1. The first-order chi connectivity index (χ1) is 13.8. The standard InChI is InChI=1S/C21H27N7/c22-15-6-10-28(11-7-15)20-14-23-13-19(24-20)21-17-12-16(4-5-18(17)25-26-21)27-8-2-1-3-9-27/h4-5,12-15H,1-3,6-11,22H2,(H,25,26). The van der Waals surface area contributed by atoms with Gasteiger partial charge >= 0.3 is 0 Å². The molecule has 7 nitrogen and oxygen atoms in total. The molecule has 0 atom stereocenters. The van der Waals surface area contributed by atoms with Gasteiger partial charge < -0.3 is 15.5 Å². The lowest BCUT2D eigenvalue weighted by molar-refractivity contribution is 0.498. The summed E-state index contributed by atoms with van der Waals surface area (Å²) in [5, 5.41) is 8.83. The maximum absolute atomic E-state index is 6.04. The van der Waals surface area contributed by atoms with Crippen LogP contribution in [-0.2, 0) is 0 Å². The van der Waals surface area contributed by atoms with Gasteiger partial charge in [0.2, 0.25) is 0 Å². The predicted octanol–water partition coefficient (Wildman–Crippen LogP) is 2.94. The highest BCUT2D eigenvalue weighted by molar-refractivity contribution is 5.94. The van der Waals surface area contributed by atoms with E-state index in [4.69, 9.17) is 10.7 Å². The Labute approximate surface area is 165 Å². The highest BCUT2D eigenvalue weighted by atomic mass is 15.2. The zero-order valence-corrected chi connectivity index (χ0v) is 16.1. The predicted molar refractivity (Wildman–Crippen MR) is 113 cm³/mol. The van der Waals surface area contributed by atoms with Crippen molar-refractivity contribution in [1.29, 1.82) is 0 Å². The van der Waals surface area contributed by atoms with Crippen LogP contribution in [-0.4, -0.2) is 52.4 Å². The van der Waals surface area contributed by atoms with E-state index in [1.165, 1.54) is 24.9 Å². The molecule has 3 N–H and O–H groups in total. The molecular formula is C21H27N7. The van der Waals surface area contributed by atoms with Gasteiger partial charge in [0.1, 0.15) is 17.2 Å². The van der Waals surface area contributed by atoms with Crippen LogP contribution in [0.15, 0.2) is 30.6 Å². The van der Waals surface area contributed by atoms with Crippen LogP contribution in [0.2, 0.25) is 0 Å². The topological polar surface area (TPSA) is 87.0 Å². The van der Waals surface area contributed by atoms with Crippen LogP contribution in [0.4, 0.5) is 11.5 Å². The molecule has 2 aliphatic rings. The summed E-state index contributed by atoms with van der Waals surface area (Å²) in [6.07, 6.45) is 9.51. The van der Waals surface area contributed by atoms with Crippen molar-refractivity contribution in [2.24, 2.45) is 5.73 Å². The Morgan fingerprint density at radius 2 is 1.79 bits per heavy atom. The molecule has 0 radical (unpaired) electrons. The lowest BCUT2D eigenvalue weighted by Crippen LogP contribution is -2.40. The lowest BCUT2D eigenvalue weighted by atomic mass is 10.1. The minimum Gasteiger partial charge on any atom is -0.372 e. The van der Waals surface area contributed by atoms with Crippen molar-refractivity contribution in [1.82, 2.24) is 20.2 Å². The number of nitrogens with one attached hydrogen (secondary N) is 1. The average molecular weight is 377 g/mol. The van der Waals surface area contributed by atoms with Crippen LogP contribution >= 0.6 is 0 Å². The number of benzene rings is 1. The third kappa shape index (κ3) is 3.30. The van der Waals surface area contributed by atoms with Gasteiger partial charge in [0, 0.05) is 43.3 Å². The van der Waals surface area contributed by atoms with Gasteiger partial charge in [0.15, 0.2) is 0 Å². The molecule has 2 aliphatic heterocycles. The third-order valence-corrected chi connectivity index (χ3v) is 6.00. The number of fused-ring (bicyclic) bond motifs is 1. The summed E-state index contributed by atoms with van der Waals surface area (Å²) in [4.78, 5) is 14.1. The quantitative estimate of drug-likeness (QED) is 0.730. The fourth-order valence-corrected chi connectivity index (χ4v) is 4.30. The molecule has 4 heterocycles. The third-order valence-electron chi connectivity index (χ3n) is 6.00. The van der Waals surface area contributed by atoms with E-state index in [1.54, 1.807) is 0 Å². The summed E-state index contributed by atoms with van der Waals surface area (Å²) in [6, 6.07) is 6.86. The molecule has 0 saturated carbocycles. The van der Waals surface area contributed by atoms with Crippen molar-refractivity contribution >= 4 is 22.4 Å². The highest BCUT2D eigenvalue weighted by Crippen LogP contribution is 2.30. The number of nitrogens with zero attached hydrogens (tertiary/aromatic N) is 5. The molecule has 0 bridgehead atoms. The molecule has 2 saturated heterocycles. The Kier molecular flexibility index (Phi) is 4.60. The number of nitrogens with two attached hydrogens (primary N) is 1. The Balaban J connectivity index is 1.48. The van der Waals surface area contributed by atoms with Crippen molar-refractivity contribution in [3.8, 4) is 11.4 Å². The summed E-state index contributed by atoms with van der Waals surface area (Å²) in [7, 11) is 0. The fourth-order valence-electron chi connectivity index (χ4n) is 4.30. The number of hydrogen-bond donors (Lipinski definition) is 2. The minimum absolute atomic E-state index is 0.302. The normalized spacial score (nSPS) is 18.8. The second-order valence-electron chi connectivity index (χ2n) is 7.94. The smallest absolute Gasteiger partial charge is 0.147 e. The Morgan fingerprint density at radius 3 is 2.61 bits per heavy atom. The molecule has 28 heavy (non-hydrogen) atoms. The Morgan fingerprint density at radius 1 is 0.964 bits per heavy atom. The first-order valence-corrected chi connectivity index (χ1v) is 10.3.